The second kappa shape index (κ2) is 6.15. The number of halogens is 1. The fourth-order valence-corrected chi connectivity index (χ4v) is 2.66. The van der Waals surface area contributed by atoms with Crippen molar-refractivity contribution in [1.29, 1.82) is 0 Å². The zero-order chi connectivity index (χ0) is 13.8. The minimum Gasteiger partial charge on any atom is -0.349 e. The van der Waals surface area contributed by atoms with Gasteiger partial charge in [-0.25, -0.2) is 4.39 Å². The molecule has 3 atom stereocenters. The Labute approximate surface area is 113 Å². The van der Waals surface area contributed by atoms with E-state index in [1.807, 2.05) is 13.0 Å². The molecule has 3 N–H and O–H groups in total. The third-order valence-corrected chi connectivity index (χ3v) is 3.86. The van der Waals surface area contributed by atoms with Gasteiger partial charge in [0.05, 0.1) is 12.0 Å². The van der Waals surface area contributed by atoms with Crippen LogP contribution in [0.4, 0.5) is 4.39 Å². The fourth-order valence-electron chi connectivity index (χ4n) is 2.66. The van der Waals surface area contributed by atoms with E-state index in [2.05, 4.69) is 5.32 Å². The molecule has 1 aromatic rings. The quantitative estimate of drug-likeness (QED) is 0.881. The van der Waals surface area contributed by atoms with Gasteiger partial charge in [-0.15, -0.1) is 0 Å². The van der Waals surface area contributed by atoms with Gasteiger partial charge in [-0.2, -0.15) is 0 Å². The molecule has 0 aliphatic heterocycles. The molecule has 0 spiro atoms. The summed E-state index contributed by atoms with van der Waals surface area (Å²) in [5.74, 6) is -0.401. The number of nitrogens with two attached hydrogens (primary N) is 1. The van der Waals surface area contributed by atoms with E-state index in [0.717, 1.165) is 31.2 Å². The van der Waals surface area contributed by atoms with Gasteiger partial charge < -0.3 is 11.1 Å². The van der Waals surface area contributed by atoms with Crippen LogP contribution in [0.3, 0.4) is 0 Å². The molecule has 0 saturated heterocycles. The zero-order valence-corrected chi connectivity index (χ0v) is 11.2. The standard InChI is InChI=1S/C15H21FN2O/c1-10(11-5-4-6-12(16)9-11)18-15(19)13-7-2-3-8-14(13)17/h4-6,9-10,13-14H,2-3,7-8,17H2,1H3,(H,18,19)/t10-,13?,14?/m0/s1. The van der Waals surface area contributed by atoms with Crippen LogP contribution in [-0.4, -0.2) is 11.9 Å². The maximum atomic E-state index is 13.1. The predicted octanol–water partition coefficient (Wildman–Crippen LogP) is 2.52. The number of carbonyl (C=O) groups is 1. The van der Waals surface area contributed by atoms with E-state index in [0.29, 0.717) is 0 Å². The summed E-state index contributed by atoms with van der Waals surface area (Å²) in [6.45, 7) is 1.86. The van der Waals surface area contributed by atoms with Gasteiger partial charge in [-0.05, 0) is 37.5 Å². The van der Waals surface area contributed by atoms with Crippen LogP contribution < -0.4 is 11.1 Å². The van der Waals surface area contributed by atoms with Gasteiger partial charge >= 0.3 is 0 Å². The summed E-state index contributed by atoms with van der Waals surface area (Å²) in [7, 11) is 0. The lowest BCUT2D eigenvalue weighted by Gasteiger charge is -2.28. The van der Waals surface area contributed by atoms with E-state index in [9.17, 15) is 9.18 Å². The minimum atomic E-state index is -0.284. The summed E-state index contributed by atoms with van der Waals surface area (Å²) in [5, 5.41) is 2.94. The maximum absolute atomic E-state index is 13.1. The highest BCUT2D eigenvalue weighted by Crippen LogP contribution is 2.24. The summed E-state index contributed by atoms with van der Waals surface area (Å²) in [6, 6.07) is 6.07. The SMILES string of the molecule is C[C@H](NC(=O)C1CCCCC1N)c1cccc(F)c1. The Morgan fingerprint density at radius 3 is 2.84 bits per heavy atom. The average Bonchev–Trinajstić information content (AvgIpc) is 2.39. The lowest BCUT2D eigenvalue weighted by Crippen LogP contribution is -2.44. The normalized spacial score (nSPS) is 24.8. The second-order valence-corrected chi connectivity index (χ2v) is 5.34. The van der Waals surface area contributed by atoms with Gasteiger partial charge in [-0.1, -0.05) is 25.0 Å². The molecule has 4 heteroatoms. The lowest BCUT2D eigenvalue weighted by molar-refractivity contribution is -0.127. The van der Waals surface area contributed by atoms with Crippen LogP contribution in [0.25, 0.3) is 0 Å². The van der Waals surface area contributed by atoms with Crippen molar-refractivity contribution in [3.63, 3.8) is 0 Å². The molecule has 1 saturated carbocycles. The van der Waals surface area contributed by atoms with E-state index in [1.54, 1.807) is 6.07 Å². The van der Waals surface area contributed by atoms with Crippen LogP contribution in [0.15, 0.2) is 24.3 Å². The average molecular weight is 264 g/mol. The van der Waals surface area contributed by atoms with Crippen molar-refractivity contribution in [3.8, 4) is 0 Å². The lowest BCUT2D eigenvalue weighted by atomic mass is 9.84. The molecule has 0 bridgehead atoms. The third kappa shape index (κ3) is 3.53. The van der Waals surface area contributed by atoms with Gasteiger partial charge in [0, 0.05) is 6.04 Å². The summed E-state index contributed by atoms with van der Waals surface area (Å²) in [4.78, 5) is 12.2. The number of rotatable bonds is 3. The largest absolute Gasteiger partial charge is 0.349 e. The Hall–Kier alpha value is -1.42. The summed E-state index contributed by atoms with van der Waals surface area (Å²) in [6.07, 6.45) is 3.92. The first kappa shape index (κ1) is 14.0. The van der Waals surface area contributed by atoms with E-state index < -0.39 is 0 Å². The van der Waals surface area contributed by atoms with Gasteiger partial charge in [0.15, 0.2) is 0 Å². The Morgan fingerprint density at radius 1 is 1.42 bits per heavy atom. The number of amides is 1. The van der Waals surface area contributed by atoms with Gasteiger partial charge in [0.25, 0.3) is 0 Å². The smallest absolute Gasteiger partial charge is 0.225 e. The topological polar surface area (TPSA) is 55.1 Å². The molecule has 2 rings (SSSR count). The summed E-state index contributed by atoms with van der Waals surface area (Å²) in [5.41, 5.74) is 6.77. The molecule has 1 aliphatic rings. The van der Waals surface area contributed by atoms with E-state index >= 15 is 0 Å². The highest BCUT2D eigenvalue weighted by atomic mass is 19.1. The highest BCUT2D eigenvalue weighted by molar-refractivity contribution is 5.79. The number of hydrogen-bond donors (Lipinski definition) is 2. The first-order valence-corrected chi connectivity index (χ1v) is 6.89. The van der Waals surface area contributed by atoms with Crippen molar-refractivity contribution < 1.29 is 9.18 Å². The number of carbonyl (C=O) groups excluding carboxylic acids is 1. The molecule has 0 aromatic heterocycles. The van der Waals surface area contributed by atoms with Crippen LogP contribution in [0, 0.1) is 11.7 Å². The van der Waals surface area contributed by atoms with Crippen LogP contribution in [0.1, 0.15) is 44.2 Å². The number of benzene rings is 1. The van der Waals surface area contributed by atoms with Crippen LogP contribution in [-0.2, 0) is 4.79 Å². The Kier molecular flexibility index (Phi) is 4.53. The summed E-state index contributed by atoms with van der Waals surface area (Å²) >= 11 is 0. The second-order valence-electron chi connectivity index (χ2n) is 5.34. The molecule has 19 heavy (non-hydrogen) atoms. The highest BCUT2D eigenvalue weighted by Gasteiger charge is 2.28. The molecule has 1 aromatic carbocycles. The molecule has 3 nitrogen and oxygen atoms in total. The van der Waals surface area contributed by atoms with Crippen molar-refractivity contribution >= 4 is 5.91 Å². The van der Waals surface area contributed by atoms with E-state index in [4.69, 9.17) is 5.73 Å². The molecule has 1 amide bonds. The Bertz CT molecular complexity index is 450. The van der Waals surface area contributed by atoms with Crippen molar-refractivity contribution in [2.75, 3.05) is 0 Å². The number of hydrogen-bond acceptors (Lipinski definition) is 2. The molecule has 0 radical (unpaired) electrons. The van der Waals surface area contributed by atoms with Gasteiger partial charge in [0.1, 0.15) is 5.82 Å². The molecule has 0 heterocycles. The third-order valence-electron chi connectivity index (χ3n) is 3.86. The van der Waals surface area contributed by atoms with Gasteiger partial charge in [-0.3, -0.25) is 4.79 Å². The van der Waals surface area contributed by atoms with Crippen molar-refractivity contribution in [1.82, 2.24) is 5.32 Å². The minimum absolute atomic E-state index is 0.0102. The van der Waals surface area contributed by atoms with E-state index in [1.165, 1.54) is 12.1 Å². The predicted molar refractivity (Wildman–Crippen MR) is 72.9 cm³/mol. The first-order valence-electron chi connectivity index (χ1n) is 6.89. The van der Waals surface area contributed by atoms with Gasteiger partial charge in [0.2, 0.25) is 5.91 Å². The van der Waals surface area contributed by atoms with Crippen LogP contribution >= 0.6 is 0 Å². The Balaban J connectivity index is 1.98. The number of nitrogens with one attached hydrogen (secondary N) is 1. The fraction of sp³-hybridized carbons (Fsp3) is 0.533. The summed E-state index contributed by atoms with van der Waals surface area (Å²) < 4.78 is 13.1. The van der Waals surface area contributed by atoms with Crippen molar-refractivity contribution in [3.05, 3.63) is 35.6 Å². The molecular formula is C15H21FN2O. The molecule has 2 unspecified atom stereocenters. The van der Waals surface area contributed by atoms with Crippen LogP contribution in [0.5, 0.6) is 0 Å². The maximum Gasteiger partial charge on any atom is 0.225 e. The van der Waals surface area contributed by atoms with Crippen molar-refractivity contribution in [2.24, 2.45) is 11.7 Å². The first-order chi connectivity index (χ1) is 9.08. The molecular weight excluding hydrogens is 243 g/mol. The monoisotopic (exact) mass is 264 g/mol. The Morgan fingerprint density at radius 2 is 2.16 bits per heavy atom. The molecule has 104 valence electrons. The van der Waals surface area contributed by atoms with E-state index in [-0.39, 0.29) is 29.7 Å². The zero-order valence-electron chi connectivity index (χ0n) is 11.2. The molecule has 1 fully saturated rings. The van der Waals surface area contributed by atoms with Crippen molar-refractivity contribution in [2.45, 2.75) is 44.7 Å². The van der Waals surface area contributed by atoms with Crippen LogP contribution in [0.2, 0.25) is 0 Å². The molecule has 1 aliphatic carbocycles.